The Kier molecular flexibility index (Phi) is 13.0. The molecule has 3 aromatic carbocycles. The molecule has 3 N–H and O–H groups in total. The van der Waals surface area contributed by atoms with Gasteiger partial charge in [0.2, 0.25) is 17.7 Å². The summed E-state index contributed by atoms with van der Waals surface area (Å²) in [5.74, 6) is -0.218. The van der Waals surface area contributed by atoms with Gasteiger partial charge in [-0.1, -0.05) is 48.5 Å². The number of methoxy groups -OCH3 is 1. The minimum Gasteiger partial charge on any atom is -0.493 e. The van der Waals surface area contributed by atoms with Gasteiger partial charge in [0.15, 0.2) is 11.5 Å². The second-order valence-corrected chi connectivity index (χ2v) is 11.1. The molecule has 11 heteroatoms. The summed E-state index contributed by atoms with van der Waals surface area (Å²) < 4.78 is 17.0. The summed E-state index contributed by atoms with van der Waals surface area (Å²) in [6, 6.07) is 19.7. The fourth-order valence-electron chi connectivity index (χ4n) is 5.39. The molecule has 11 nitrogen and oxygen atoms in total. The molecule has 4 rings (SSSR count). The Morgan fingerprint density at radius 1 is 0.957 bits per heavy atom. The lowest BCUT2D eigenvalue weighted by atomic mass is 10.0. The van der Waals surface area contributed by atoms with Crippen LogP contribution >= 0.6 is 0 Å². The lowest BCUT2D eigenvalue weighted by molar-refractivity contribution is -0.137. The van der Waals surface area contributed by atoms with Crippen LogP contribution in [0.1, 0.15) is 48.2 Å². The van der Waals surface area contributed by atoms with Crippen molar-refractivity contribution in [1.29, 1.82) is 0 Å². The molecular formula is C36H44N4O7. The van der Waals surface area contributed by atoms with Crippen molar-refractivity contribution in [3.63, 3.8) is 0 Å². The zero-order valence-corrected chi connectivity index (χ0v) is 27.3. The van der Waals surface area contributed by atoms with E-state index in [2.05, 4.69) is 16.0 Å². The molecular weight excluding hydrogens is 600 g/mol. The predicted molar refractivity (Wildman–Crippen MR) is 178 cm³/mol. The molecule has 4 amide bonds. The highest BCUT2D eigenvalue weighted by molar-refractivity contribution is 6.01. The lowest BCUT2D eigenvalue weighted by Crippen LogP contribution is -2.54. The van der Waals surface area contributed by atoms with Gasteiger partial charge in [0.25, 0.3) is 5.91 Å². The third-order valence-corrected chi connectivity index (χ3v) is 7.84. The smallest absolute Gasteiger partial charge is 0.255 e. The van der Waals surface area contributed by atoms with Crippen molar-refractivity contribution >= 4 is 23.6 Å². The van der Waals surface area contributed by atoms with Crippen molar-refractivity contribution in [3.8, 4) is 17.2 Å². The minimum atomic E-state index is -1.20. The molecule has 1 aliphatic heterocycles. The lowest BCUT2D eigenvalue weighted by Gasteiger charge is -2.28. The molecule has 0 spiro atoms. The van der Waals surface area contributed by atoms with Gasteiger partial charge < -0.3 is 35.1 Å². The number of para-hydroxylation sites is 1. The summed E-state index contributed by atoms with van der Waals surface area (Å²) >= 11 is 0. The van der Waals surface area contributed by atoms with Crippen LogP contribution in [0.2, 0.25) is 0 Å². The van der Waals surface area contributed by atoms with Crippen LogP contribution < -0.4 is 30.2 Å². The Morgan fingerprint density at radius 3 is 2.47 bits per heavy atom. The van der Waals surface area contributed by atoms with E-state index in [9.17, 15) is 19.2 Å². The first-order valence-electron chi connectivity index (χ1n) is 16.0. The van der Waals surface area contributed by atoms with Gasteiger partial charge in [0, 0.05) is 19.5 Å². The first-order chi connectivity index (χ1) is 22.8. The maximum absolute atomic E-state index is 13.7. The molecule has 0 aromatic heterocycles. The third kappa shape index (κ3) is 9.96. The zero-order valence-electron chi connectivity index (χ0n) is 27.3. The highest BCUT2D eigenvalue weighted by Gasteiger charge is 2.30. The highest BCUT2D eigenvalue weighted by atomic mass is 16.5. The minimum absolute atomic E-state index is 0.139. The fraction of sp³-hybridized carbons (Fsp3) is 0.389. The topological polar surface area (TPSA) is 135 Å². The first kappa shape index (κ1) is 34.8. The predicted octanol–water partition coefficient (Wildman–Crippen LogP) is 3.30. The second kappa shape index (κ2) is 17.6. The van der Waals surface area contributed by atoms with Crippen LogP contribution in [-0.4, -0.2) is 80.6 Å². The van der Waals surface area contributed by atoms with Crippen LogP contribution in [0, 0.1) is 0 Å². The molecule has 0 aliphatic carbocycles. The van der Waals surface area contributed by atoms with Gasteiger partial charge in [-0.05, 0) is 62.1 Å². The van der Waals surface area contributed by atoms with Crippen molar-refractivity contribution in [2.75, 3.05) is 40.0 Å². The van der Waals surface area contributed by atoms with E-state index < -0.39 is 29.8 Å². The molecule has 0 fully saturated rings. The number of ether oxygens (including phenoxy) is 3. The number of aryl methyl sites for hydroxylation is 1. The summed E-state index contributed by atoms with van der Waals surface area (Å²) in [6.45, 7) is 5.40. The third-order valence-electron chi connectivity index (χ3n) is 7.84. The molecule has 0 unspecified atom stereocenters. The summed E-state index contributed by atoms with van der Waals surface area (Å²) in [7, 11) is 1.59. The van der Waals surface area contributed by atoms with E-state index in [1.165, 1.54) is 0 Å². The van der Waals surface area contributed by atoms with Crippen LogP contribution in [0.3, 0.4) is 0 Å². The number of hydrogen-bond acceptors (Lipinski definition) is 7. The normalized spacial score (nSPS) is 17.3. The van der Waals surface area contributed by atoms with Crippen LogP contribution in [0.5, 0.6) is 17.2 Å². The first-order valence-corrected chi connectivity index (χ1v) is 16.0. The number of fused-ring (bicyclic) bond motifs is 1. The van der Waals surface area contributed by atoms with Gasteiger partial charge in [0.1, 0.15) is 24.4 Å². The Balaban J connectivity index is 1.50. The van der Waals surface area contributed by atoms with Crippen molar-refractivity contribution in [1.82, 2.24) is 20.9 Å². The van der Waals surface area contributed by atoms with Crippen molar-refractivity contribution in [2.45, 2.75) is 51.6 Å². The van der Waals surface area contributed by atoms with E-state index in [0.29, 0.717) is 49.8 Å². The van der Waals surface area contributed by atoms with E-state index >= 15 is 0 Å². The zero-order chi connectivity index (χ0) is 33.6. The van der Waals surface area contributed by atoms with Crippen LogP contribution in [0.15, 0.2) is 72.8 Å². The van der Waals surface area contributed by atoms with Gasteiger partial charge in [-0.2, -0.15) is 0 Å². The number of nitrogens with one attached hydrogen (secondary N) is 3. The molecule has 1 aliphatic rings. The molecule has 1 heterocycles. The number of hydrogen-bond donors (Lipinski definition) is 3. The molecule has 3 aromatic rings. The summed E-state index contributed by atoms with van der Waals surface area (Å²) in [4.78, 5) is 55.6. The standard InChI is InChI=1S/C36H44N4O7/c1-4-40-20-21-47-30-16-10-9-15-27(30)34(42)39-28(24-33(41)38-29(36(40)44)22-25-12-7-6-8-13-25)35(43)37-19-11-14-26-17-18-31(46-5-2)32(23-26)45-3/h6-10,12-13,15-18,23,28-29H,4-5,11,14,19-22,24H2,1-3H3,(H,37,43)(H,38,41)(H,39,42)/t28-,29+/m0/s1. The number of likely N-dealkylation sites (N-methyl/N-ethyl adjacent to an activating group) is 1. The Bertz CT molecular complexity index is 1510. The van der Waals surface area contributed by atoms with E-state index in [-0.39, 0.29) is 37.5 Å². The molecule has 0 bridgehead atoms. The Hall–Kier alpha value is -5.06. The monoisotopic (exact) mass is 644 g/mol. The summed E-state index contributed by atoms with van der Waals surface area (Å²) in [6.07, 6.45) is 1.17. The van der Waals surface area contributed by atoms with E-state index in [1.54, 1.807) is 36.3 Å². The molecule has 2 atom stereocenters. The maximum atomic E-state index is 13.7. The highest BCUT2D eigenvalue weighted by Crippen LogP contribution is 2.28. The fourth-order valence-corrected chi connectivity index (χ4v) is 5.39. The number of rotatable bonds is 11. The molecule has 0 saturated heterocycles. The quantitative estimate of drug-likeness (QED) is 0.273. The number of carbonyl (C=O) groups excluding carboxylic acids is 4. The van der Waals surface area contributed by atoms with Gasteiger partial charge in [-0.3, -0.25) is 19.2 Å². The molecule has 0 radical (unpaired) electrons. The SMILES string of the molecule is CCOc1ccc(CCCNC(=O)[C@@H]2CC(=O)N[C@H](Cc3ccccc3)C(=O)N(CC)CCOc3ccccc3C(=O)N2)cc1OC. The van der Waals surface area contributed by atoms with Gasteiger partial charge >= 0.3 is 0 Å². The van der Waals surface area contributed by atoms with E-state index in [0.717, 1.165) is 11.1 Å². The number of amides is 4. The molecule has 0 saturated carbocycles. The number of benzene rings is 3. The second-order valence-electron chi connectivity index (χ2n) is 11.1. The van der Waals surface area contributed by atoms with Gasteiger partial charge in [-0.15, -0.1) is 0 Å². The largest absolute Gasteiger partial charge is 0.493 e. The van der Waals surface area contributed by atoms with Crippen LogP contribution in [0.25, 0.3) is 0 Å². The summed E-state index contributed by atoms with van der Waals surface area (Å²) in [5, 5.41) is 8.43. The Morgan fingerprint density at radius 2 is 1.72 bits per heavy atom. The number of nitrogens with zero attached hydrogens (tertiary/aromatic N) is 1. The average Bonchev–Trinajstić information content (AvgIpc) is 3.08. The van der Waals surface area contributed by atoms with E-state index in [4.69, 9.17) is 14.2 Å². The molecule has 47 heavy (non-hydrogen) atoms. The van der Waals surface area contributed by atoms with Gasteiger partial charge in [-0.25, -0.2) is 0 Å². The van der Waals surface area contributed by atoms with Crippen molar-refractivity contribution in [2.24, 2.45) is 0 Å². The van der Waals surface area contributed by atoms with Crippen LogP contribution in [-0.2, 0) is 27.2 Å². The average molecular weight is 645 g/mol. The van der Waals surface area contributed by atoms with Gasteiger partial charge in [0.05, 0.1) is 32.2 Å². The van der Waals surface area contributed by atoms with Crippen molar-refractivity contribution < 1.29 is 33.4 Å². The Labute approximate surface area is 276 Å². The number of carbonyl (C=O) groups is 4. The van der Waals surface area contributed by atoms with Crippen LogP contribution in [0.4, 0.5) is 0 Å². The van der Waals surface area contributed by atoms with E-state index in [1.807, 2.05) is 62.4 Å². The summed E-state index contributed by atoms with van der Waals surface area (Å²) in [5.41, 5.74) is 2.11. The maximum Gasteiger partial charge on any atom is 0.255 e. The van der Waals surface area contributed by atoms with Crippen molar-refractivity contribution in [3.05, 3.63) is 89.5 Å². The molecule has 250 valence electrons.